The first-order valence-electron chi connectivity index (χ1n) is 2.82. The van der Waals surface area contributed by atoms with Gasteiger partial charge in [-0.15, -0.1) is 0 Å². The van der Waals surface area contributed by atoms with Crippen LogP contribution in [-0.2, 0) is 4.79 Å². The van der Waals surface area contributed by atoms with Crippen LogP contribution in [0.25, 0.3) is 0 Å². The predicted molar refractivity (Wildman–Crippen MR) is 36.6 cm³/mol. The molecule has 0 aliphatic rings. The van der Waals surface area contributed by atoms with Gasteiger partial charge in [0.05, 0.1) is 0 Å². The summed E-state index contributed by atoms with van der Waals surface area (Å²) < 4.78 is 0. The van der Waals surface area contributed by atoms with Gasteiger partial charge in [0.2, 0.25) is 5.91 Å². The van der Waals surface area contributed by atoms with Crippen molar-refractivity contribution in [3.05, 3.63) is 11.9 Å². The third-order valence-corrected chi connectivity index (χ3v) is 0.869. The minimum Gasteiger partial charge on any atom is -0.375 e. The molecule has 0 spiro atoms. The SMILES string of the molecule is C/C=C(\NC)NC(C)=O. The first kappa shape index (κ1) is 8.01. The van der Waals surface area contributed by atoms with E-state index in [0.29, 0.717) is 0 Å². The maximum absolute atomic E-state index is 10.4. The van der Waals surface area contributed by atoms with E-state index in [2.05, 4.69) is 10.6 Å². The number of carbonyl (C=O) groups is 1. The molecular weight excluding hydrogens is 116 g/mol. The third-order valence-electron chi connectivity index (χ3n) is 0.869. The van der Waals surface area contributed by atoms with Crippen LogP contribution in [0.15, 0.2) is 11.9 Å². The van der Waals surface area contributed by atoms with Crippen LogP contribution < -0.4 is 10.6 Å². The molecule has 1 amide bonds. The largest absolute Gasteiger partial charge is 0.375 e. The van der Waals surface area contributed by atoms with E-state index in [4.69, 9.17) is 0 Å². The second-order valence-corrected chi connectivity index (χ2v) is 1.63. The van der Waals surface area contributed by atoms with Gasteiger partial charge < -0.3 is 10.6 Å². The van der Waals surface area contributed by atoms with Crippen molar-refractivity contribution in [1.29, 1.82) is 0 Å². The summed E-state index contributed by atoms with van der Waals surface area (Å²) in [5.41, 5.74) is 0. The average Bonchev–Trinajstić information content (AvgIpc) is 1.82. The summed E-state index contributed by atoms with van der Waals surface area (Å²) in [4.78, 5) is 10.4. The Hall–Kier alpha value is -0.990. The van der Waals surface area contributed by atoms with Gasteiger partial charge in [-0.2, -0.15) is 0 Å². The molecule has 0 fully saturated rings. The van der Waals surface area contributed by atoms with Crippen LogP contribution >= 0.6 is 0 Å². The summed E-state index contributed by atoms with van der Waals surface area (Å²) in [6.07, 6.45) is 1.79. The van der Waals surface area contributed by atoms with Crippen LogP contribution in [0.5, 0.6) is 0 Å². The number of allylic oxidation sites excluding steroid dienone is 1. The Morgan fingerprint density at radius 1 is 1.56 bits per heavy atom. The third kappa shape index (κ3) is 3.58. The van der Waals surface area contributed by atoms with Gasteiger partial charge in [-0.3, -0.25) is 4.79 Å². The van der Waals surface area contributed by atoms with E-state index in [9.17, 15) is 4.79 Å². The molecule has 0 heterocycles. The fourth-order valence-electron chi connectivity index (χ4n) is 0.469. The molecule has 9 heavy (non-hydrogen) atoms. The molecule has 3 heteroatoms. The summed E-state index contributed by atoms with van der Waals surface area (Å²) in [7, 11) is 1.76. The van der Waals surface area contributed by atoms with Crippen LogP contribution in [-0.4, -0.2) is 13.0 Å². The molecule has 2 N–H and O–H groups in total. The molecule has 3 nitrogen and oxygen atoms in total. The van der Waals surface area contributed by atoms with E-state index >= 15 is 0 Å². The Bertz CT molecular complexity index is 129. The van der Waals surface area contributed by atoms with Gasteiger partial charge in [0.15, 0.2) is 0 Å². The Balaban J connectivity index is 3.71. The first-order chi connectivity index (χ1) is 4.20. The molecule has 0 radical (unpaired) electrons. The highest BCUT2D eigenvalue weighted by molar-refractivity contribution is 5.74. The fourth-order valence-corrected chi connectivity index (χ4v) is 0.469. The Morgan fingerprint density at radius 2 is 2.11 bits per heavy atom. The van der Waals surface area contributed by atoms with Crippen molar-refractivity contribution in [2.75, 3.05) is 7.05 Å². The Kier molecular flexibility index (Phi) is 3.51. The summed E-state index contributed by atoms with van der Waals surface area (Å²) in [5, 5.41) is 5.40. The van der Waals surface area contributed by atoms with Crippen LogP contribution in [0.3, 0.4) is 0 Å². The van der Waals surface area contributed by atoms with Crippen LogP contribution in [0, 0.1) is 0 Å². The van der Waals surface area contributed by atoms with Crippen molar-refractivity contribution in [3.63, 3.8) is 0 Å². The molecule has 0 atom stereocenters. The van der Waals surface area contributed by atoms with E-state index in [0.717, 1.165) is 5.82 Å². The number of nitrogens with one attached hydrogen (secondary N) is 2. The Labute approximate surface area is 55.1 Å². The summed E-state index contributed by atoms with van der Waals surface area (Å²) in [5.74, 6) is 0.681. The van der Waals surface area contributed by atoms with Crippen molar-refractivity contribution in [2.24, 2.45) is 0 Å². The lowest BCUT2D eigenvalue weighted by Crippen LogP contribution is -2.26. The number of hydrogen-bond acceptors (Lipinski definition) is 2. The number of hydrogen-bond donors (Lipinski definition) is 2. The zero-order valence-corrected chi connectivity index (χ0v) is 5.99. The lowest BCUT2D eigenvalue weighted by Gasteiger charge is -2.04. The van der Waals surface area contributed by atoms with E-state index in [1.807, 2.05) is 6.92 Å². The molecule has 0 aromatic carbocycles. The smallest absolute Gasteiger partial charge is 0.222 e. The van der Waals surface area contributed by atoms with Gasteiger partial charge in [0.25, 0.3) is 0 Å². The molecular formula is C6H12N2O. The van der Waals surface area contributed by atoms with E-state index < -0.39 is 0 Å². The molecule has 0 aromatic rings. The maximum atomic E-state index is 10.4. The molecule has 52 valence electrons. The second-order valence-electron chi connectivity index (χ2n) is 1.63. The molecule has 0 rings (SSSR count). The number of rotatable bonds is 2. The van der Waals surface area contributed by atoms with E-state index in [1.54, 1.807) is 13.1 Å². The topological polar surface area (TPSA) is 41.1 Å². The van der Waals surface area contributed by atoms with E-state index in [1.165, 1.54) is 6.92 Å². The van der Waals surface area contributed by atoms with Gasteiger partial charge in [0.1, 0.15) is 5.82 Å². The summed E-state index contributed by atoms with van der Waals surface area (Å²) >= 11 is 0. The van der Waals surface area contributed by atoms with Gasteiger partial charge in [-0.05, 0) is 13.0 Å². The highest BCUT2D eigenvalue weighted by Crippen LogP contribution is 1.78. The van der Waals surface area contributed by atoms with E-state index in [-0.39, 0.29) is 5.91 Å². The predicted octanol–water partition coefficient (Wildman–Crippen LogP) is 0.203. The maximum Gasteiger partial charge on any atom is 0.222 e. The molecule has 0 aliphatic carbocycles. The molecule has 0 saturated carbocycles. The van der Waals surface area contributed by atoms with Gasteiger partial charge in [0, 0.05) is 14.0 Å². The van der Waals surface area contributed by atoms with Crippen molar-refractivity contribution in [2.45, 2.75) is 13.8 Å². The molecule has 0 aromatic heterocycles. The standard InChI is InChI=1S/C6H12N2O/c1-4-6(7-3)8-5(2)9/h4,7H,1-3H3,(H,8,9)/b6-4+. The highest BCUT2D eigenvalue weighted by atomic mass is 16.1. The lowest BCUT2D eigenvalue weighted by molar-refractivity contribution is -0.118. The number of amides is 1. The molecule has 0 aliphatic heterocycles. The fraction of sp³-hybridized carbons (Fsp3) is 0.500. The quantitative estimate of drug-likeness (QED) is 0.558. The van der Waals surface area contributed by atoms with Crippen molar-refractivity contribution in [3.8, 4) is 0 Å². The zero-order valence-electron chi connectivity index (χ0n) is 5.99. The minimum absolute atomic E-state index is 0.0579. The van der Waals surface area contributed by atoms with Crippen LogP contribution in [0.2, 0.25) is 0 Å². The lowest BCUT2D eigenvalue weighted by atomic mass is 10.5. The molecule has 0 saturated heterocycles. The minimum atomic E-state index is -0.0579. The average molecular weight is 128 g/mol. The monoisotopic (exact) mass is 128 g/mol. The number of carbonyl (C=O) groups excluding carboxylic acids is 1. The van der Waals surface area contributed by atoms with Crippen LogP contribution in [0.4, 0.5) is 0 Å². The van der Waals surface area contributed by atoms with Crippen LogP contribution in [0.1, 0.15) is 13.8 Å². The molecule has 0 bridgehead atoms. The first-order valence-corrected chi connectivity index (χ1v) is 2.82. The normalized spacial score (nSPS) is 10.8. The summed E-state index contributed by atoms with van der Waals surface area (Å²) in [6.45, 7) is 3.32. The van der Waals surface area contributed by atoms with Crippen molar-refractivity contribution < 1.29 is 4.79 Å². The Morgan fingerprint density at radius 3 is 2.22 bits per heavy atom. The van der Waals surface area contributed by atoms with Gasteiger partial charge in [-0.25, -0.2) is 0 Å². The zero-order chi connectivity index (χ0) is 7.28. The van der Waals surface area contributed by atoms with Crippen molar-refractivity contribution in [1.82, 2.24) is 10.6 Å². The second kappa shape index (κ2) is 3.95. The highest BCUT2D eigenvalue weighted by Gasteiger charge is 1.91. The van der Waals surface area contributed by atoms with Crippen molar-refractivity contribution >= 4 is 5.91 Å². The van der Waals surface area contributed by atoms with Gasteiger partial charge >= 0.3 is 0 Å². The molecule has 0 unspecified atom stereocenters. The summed E-state index contributed by atoms with van der Waals surface area (Å²) in [6, 6.07) is 0. The van der Waals surface area contributed by atoms with Gasteiger partial charge in [-0.1, -0.05) is 0 Å².